The van der Waals surface area contributed by atoms with Crippen molar-refractivity contribution in [2.45, 2.75) is 31.0 Å². The van der Waals surface area contributed by atoms with Crippen molar-refractivity contribution in [3.05, 3.63) is 12.4 Å². The van der Waals surface area contributed by atoms with Gasteiger partial charge in [0.15, 0.2) is 0 Å². The molecule has 2 atom stereocenters. The van der Waals surface area contributed by atoms with E-state index < -0.39 is 0 Å². The molecule has 1 aliphatic rings. The summed E-state index contributed by atoms with van der Waals surface area (Å²) in [4.78, 5) is 15.0. The van der Waals surface area contributed by atoms with E-state index >= 15 is 0 Å². The van der Waals surface area contributed by atoms with E-state index in [0.717, 1.165) is 4.90 Å². The van der Waals surface area contributed by atoms with Crippen molar-refractivity contribution in [1.82, 2.24) is 14.7 Å². The maximum atomic E-state index is 12.1. The Balaban J connectivity index is 1.84. The third-order valence-electron chi connectivity index (χ3n) is 2.82. The number of morpholine rings is 1. The number of carbonyl (C=O) groups excluding carboxylic acids is 1. The van der Waals surface area contributed by atoms with Crippen LogP contribution in [-0.2, 0) is 16.6 Å². The van der Waals surface area contributed by atoms with Gasteiger partial charge < -0.3 is 9.64 Å². The largest absolute Gasteiger partial charge is 0.372 e. The van der Waals surface area contributed by atoms with E-state index in [1.165, 1.54) is 11.8 Å². The van der Waals surface area contributed by atoms with Crippen LogP contribution in [0.3, 0.4) is 0 Å². The zero-order valence-electron chi connectivity index (χ0n) is 11.0. The van der Waals surface area contributed by atoms with Crippen LogP contribution in [0.15, 0.2) is 17.3 Å². The van der Waals surface area contributed by atoms with E-state index in [4.69, 9.17) is 4.74 Å². The Morgan fingerprint density at radius 3 is 2.72 bits per heavy atom. The zero-order valence-corrected chi connectivity index (χ0v) is 11.8. The Bertz CT molecular complexity index is 411. The third-order valence-corrected chi connectivity index (χ3v) is 3.75. The topological polar surface area (TPSA) is 47.4 Å². The Kier molecular flexibility index (Phi) is 4.29. The molecule has 2 heterocycles. The van der Waals surface area contributed by atoms with Crippen LogP contribution in [-0.4, -0.2) is 51.6 Å². The minimum Gasteiger partial charge on any atom is -0.372 e. The van der Waals surface area contributed by atoms with E-state index in [9.17, 15) is 4.79 Å². The summed E-state index contributed by atoms with van der Waals surface area (Å²) >= 11 is 1.53. The highest BCUT2D eigenvalue weighted by molar-refractivity contribution is 8.00. The van der Waals surface area contributed by atoms with Crippen molar-refractivity contribution < 1.29 is 9.53 Å². The Hall–Kier alpha value is -1.01. The summed E-state index contributed by atoms with van der Waals surface area (Å²) in [6, 6.07) is 0. The van der Waals surface area contributed by atoms with Gasteiger partial charge in [0.25, 0.3) is 0 Å². The average molecular weight is 269 g/mol. The van der Waals surface area contributed by atoms with Crippen LogP contribution in [0.2, 0.25) is 0 Å². The van der Waals surface area contributed by atoms with Crippen LogP contribution >= 0.6 is 11.8 Å². The minimum absolute atomic E-state index is 0.126. The molecule has 18 heavy (non-hydrogen) atoms. The zero-order chi connectivity index (χ0) is 13.1. The van der Waals surface area contributed by atoms with Crippen LogP contribution in [0.25, 0.3) is 0 Å². The summed E-state index contributed by atoms with van der Waals surface area (Å²) < 4.78 is 7.36. The molecule has 1 aromatic heterocycles. The predicted octanol–water partition coefficient (Wildman–Crippen LogP) is 1.15. The lowest BCUT2D eigenvalue weighted by Crippen LogP contribution is -2.48. The van der Waals surface area contributed by atoms with E-state index in [2.05, 4.69) is 5.10 Å². The lowest BCUT2D eigenvalue weighted by Gasteiger charge is -2.35. The first-order chi connectivity index (χ1) is 8.54. The van der Waals surface area contributed by atoms with Crippen molar-refractivity contribution in [2.24, 2.45) is 7.05 Å². The predicted molar refractivity (Wildman–Crippen MR) is 70.5 cm³/mol. The van der Waals surface area contributed by atoms with Gasteiger partial charge in [0.05, 0.1) is 24.2 Å². The first kappa shape index (κ1) is 13.4. The highest BCUT2D eigenvalue weighted by atomic mass is 32.2. The number of hydrogen-bond donors (Lipinski definition) is 0. The highest BCUT2D eigenvalue weighted by Crippen LogP contribution is 2.18. The maximum absolute atomic E-state index is 12.1. The van der Waals surface area contributed by atoms with Crippen LogP contribution in [0, 0.1) is 0 Å². The second-order valence-electron chi connectivity index (χ2n) is 4.69. The van der Waals surface area contributed by atoms with Crippen molar-refractivity contribution in [1.29, 1.82) is 0 Å². The monoisotopic (exact) mass is 269 g/mol. The molecule has 100 valence electrons. The summed E-state index contributed by atoms with van der Waals surface area (Å²) in [6.45, 7) is 5.39. The number of hydrogen-bond acceptors (Lipinski definition) is 4. The number of aryl methyl sites for hydroxylation is 1. The molecule has 0 aromatic carbocycles. The Morgan fingerprint density at radius 2 is 2.17 bits per heavy atom. The molecule has 1 saturated heterocycles. The molecule has 1 aliphatic heterocycles. The molecule has 0 radical (unpaired) electrons. The molecule has 0 spiro atoms. The van der Waals surface area contributed by atoms with Gasteiger partial charge in [-0.2, -0.15) is 5.10 Å². The molecule has 0 aliphatic carbocycles. The molecular formula is C12H19N3O2S. The normalized spacial score (nSPS) is 24.3. The standard InChI is InChI=1S/C12H19N3O2S/c1-9-5-15(6-10(2)17-9)12(16)8-18-11-4-13-14(3)7-11/h4,7,9-10H,5-6,8H2,1-3H3/t9-,10+. The third kappa shape index (κ3) is 3.49. The first-order valence-electron chi connectivity index (χ1n) is 6.09. The summed E-state index contributed by atoms with van der Waals surface area (Å²) in [7, 11) is 1.87. The van der Waals surface area contributed by atoms with Crippen LogP contribution in [0.4, 0.5) is 0 Å². The number of carbonyl (C=O) groups is 1. The summed E-state index contributed by atoms with van der Waals surface area (Å²) in [5.41, 5.74) is 0. The van der Waals surface area contributed by atoms with Crippen LogP contribution in [0.5, 0.6) is 0 Å². The fourth-order valence-corrected chi connectivity index (χ4v) is 2.91. The SMILES string of the molecule is C[C@@H]1CN(C(=O)CSc2cnn(C)c2)C[C@H](C)O1. The maximum Gasteiger partial charge on any atom is 0.233 e. The number of amides is 1. The number of nitrogens with zero attached hydrogens (tertiary/aromatic N) is 3. The average Bonchev–Trinajstić information content (AvgIpc) is 2.70. The summed E-state index contributed by atoms with van der Waals surface area (Å²) in [5.74, 6) is 0.636. The summed E-state index contributed by atoms with van der Waals surface area (Å²) in [6.07, 6.45) is 3.95. The molecule has 1 amide bonds. The van der Waals surface area contributed by atoms with Crippen molar-refractivity contribution in [3.8, 4) is 0 Å². The molecule has 1 aromatic rings. The minimum atomic E-state index is 0.126. The van der Waals surface area contributed by atoms with E-state index in [1.54, 1.807) is 10.9 Å². The van der Waals surface area contributed by atoms with Crippen molar-refractivity contribution in [3.63, 3.8) is 0 Å². The fourth-order valence-electron chi connectivity index (χ4n) is 2.09. The number of rotatable bonds is 3. The molecule has 0 saturated carbocycles. The van der Waals surface area contributed by atoms with Gasteiger partial charge in [0.2, 0.25) is 5.91 Å². The molecule has 0 bridgehead atoms. The van der Waals surface area contributed by atoms with Crippen molar-refractivity contribution >= 4 is 17.7 Å². The van der Waals surface area contributed by atoms with Gasteiger partial charge in [-0.3, -0.25) is 9.48 Å². The Labute approximate surface area is 111 Å². The molecule has 5 nitrogen and oxygen atoms in total. The van der Waals surface area contributed by atoms with Gasteiger partial charge in [-0.15, -0.1) is 11.8 Å². The van der Waals surface area contributed by atoms with E-state index in [1.807, 2.05) is 32.0 Å². The molecule has 0 unspecified atom stereocenters. The lowest BCUT2D eigenvalue weighted by molar-refractivity contribution is -0.140. The van der Waals surface area contributed by atoms with E-state index in [-0.39, 0.29) is 18.1 Å². The molecule has 0 N–H and O–H groups in total. The van der Waals surface area contributed by atoms with Gasteiger partial charge in [0.1, 0.15) is 0 Å². The first-order valence-corrected chi connectivity index (χ1v) is 7.08. The second-order valence-corrected chi connectivity index (χ2v) is 5.74. The summed E-state index contributed by atoms with van der Waals surface area (Å²) in [5, 5.41) is 4.08. The quantitative estimate of drug-likeness (QED) is 0.772. The van der Waals surface area contributed by atoms with Crippen LogP contribution < -0.4 is 0 Å². The van der Waals surface area contributed by atoms with Crippen LogP contribution in [0.1, 0.15) is 13.8 Å². The Morgan fingerprint density at radius 1 is 1.50 bits per heavy atom. The number of thioether (sulfide) groups is 1. The highest BCUT2D eigenvalue weighted by Gasteiger charge is 2.25. The molecule has 6 heteroatoms. The number of ether oxygens (including phenoxy) is 1. The van der Waals surface area contributed by atoms with Gasteiger partial charge >= 0.3 is 0 Å². The molecule has 2 rings (SSSR count). The number of aromatic nitrogens is 2. The fraction of sp³-hybridized carbons (Fsp3) is 0.667. The molecular weight excluding hydrogens is 250 g/mol. The van der Waals surface area contributed by atoms with Gasteiger partial charge in [-0.05, 0) is 13.8 Å². The van der Waals surface area contributed by atoms with Gasteiger partial charge in [-0.25, -0.2) is 0 Å². The lowest BCUT2D eigenvalue weighted by atomic mass is 10.2. The smallest absolute Gasteiger partial charge is 0.233 e. The molecule has 1 fully saturated rings. The van der Waals surface area contributed by atoms with Crippen molar-refractivity contribution in [2.75, 3.05) is 18.8 Å². The van der Waals surface area contributed by atoms with Gasteiger partial charge in [-0.1, -0.05) is 0 Å². The van der Waals surface area contributed by atoms with Gasteiger partial charge in [0, 0.05) is 31.2 Å². The second kappa shape index (κ2) is 5.75. The van der Waals surface area contributed by atoms with E-state index in [0.29, 0.717) is 18.8 Å².